The Labute approximate surface area is 177 Å². The van der Waals surface area contributed by atoms with Gasteiger partial charge in [0.2, 0.25) is 5.91 Å². The Morgan fingerprint density at radius 2 is 1.73 bits per heavy atom. The lowest BCUT2D eigenvalue weighted by Gasteiger charge is -2.08. The summed E-state index contributed by atoms with van der Waals surface area (Å²) in [5.74, 6) is 0.701. The average Bonchev–Trinajstić information content (AvgIpc) is 3.34. The maximum atomic E-state index is 12.6. The Morgan fingerprint density at radius 1 is 0.967 bits per heavy atom. The van der Waals surface area contributed by atoms with Gasteiger partial charge in [0.05, 0.1) is 17.5 Å². The lowest BCUT2D eigenvalue weighted by molar-refractivity contribution is -0.115. The van der Waals surface area contributed by atoms with Crippen LogP contribution >= 0.6 is 11.3 Å². The van der Waals surface area contributed by atoms with Gasteiger partial charge in [0.15, 0.2) is 4.96 Å². The maximum Gasteiger partial charge on any atom is 0.230 e. The van der Waals surface area contributed by atoms with E-state index in [0.717, 1.165) is 38.7 Å². The first-order valence-corrected chi connectivity index (χ1v) is 10.5. The van der Waals surface area contributed by atoms with E-state index in [1.165, 1.54) is 0 Å². The Kier molecular flexibility index (Phi) is 4.91. The van der Waals surface area contributed by atoms with E-state index < -0.39 is 0 Å². The van der Waals surface area contributed by atoms with Gasteiger partial charge in [-0.1, -0.05) is 42.5 Å². The first-order chi connectivity index (χ1) is 14.8. The van der Waals surface area contributed by atoms with Crippen molar-refractivity contribution in [1.82, 2.24) is 9.38 Å². The second-order valence-electron chi connectivity index (χ2n) is 6.97. The van der Waals surface area contributed by atoms with Crippen LogP contribution < -0.4 is 10.1 Å². The number of carbonyl (C=O) groups is 1. The summed E-state index contributed by atoms with van der Waals surface area (Å²) in [6.07, 6.45) is 0.284. The minimum absolute atomic E-state index is 0.0644. The van der Waals surface area contributed by atoms with Crippen molar-refractivity contribution in [1.29, 1.82) is 0 Å². The molecule has 30 heavy (non-hydrogen) atoms. The number of para-hydroxylation sites is 2. The van der Waals surface area contributed by atoms with Crippen molar-refractivity contribution in [3.05, 3.63) is 95.5 Å². The molecule has 0 aliphatic heterocycles. The van der Waals surface area contributed by atoms with E-state index in [2.05, 4.69) is 14.7 Å². The molecular formula is C24H19N3O2S. The van der Waals surface area contributed by atoms with Crippen LogP contribution in [0.3, 0.4) is 0 Å². The summed E-state index contributed by atoms with van der Waals surface area (Å²) in [7, 11) is 0. The van der Waals surface area contributed by atoms with Crippen LogP contribution in [0, 0.1) is 0 Å². The van der Waals surface area contributed by atoms with Crippen molar-refractivity contribution in [2.75, 3.05) is 5.32 Å². The molecule has 0 fully saturated rings. The molecule has 0 radical (unpaired) electrons. The van der Waals surface area contributed by atoms with Gasteiger partial charge in [0.25, 0.3) is 0 Å². The third kappa shape index (κ3) is 3.77. The molecule has 0 bridgehead atoms. The first-order valence-electron chi connectivity index (χ1n) is 9.66. The second kappa shape index (κ2) is 8.00. The van der Waals surface area contributed by atoms with Gasteiger partial charge >= 0.3 is 0 Å². The molecular weight excluding hydrogens is 394 g/mol. The molecule has 5 nitrogen and oxygen atoms in total. The molecule has 5 rings (SSSR count). The van der Waals surface area contributed by atoms with Crippen molar-refractivity contribution in [3.8, 4) is 5.75 Å². The summed E-state index contributed by atoms with van der Waals surface area (Å²) in [4.78, 5) is 18.1. The molecule has 0 saturated heterocycles. The first kappa shape index (κ1) is 18.4. The Balaban J connectivity index is 1.24. The number of aromatic nitrogens is 2. The van der Waals surface area contributed by atoms with Crippen molar-refractivity contribution in [2.24, 2.45) is 0 Å². The molecule has 0 saturated carbocycles. The molecule has 0 unspecified atom stereocenters. The molecule has 1 N–H and O–H groups in total. The highest BCUT2D eigenvalue weighted by atomic mass is 32.1. The van der Waals surface area contributed by atoms with Crippen LogP contribution in [-0.2, 0) is 17.8 Å². The Bertz CT molecular complexity index is 1310. The Morgan fingerprint density at radius 3 is 2.57 bits per heavy atom. The number of amides is 1. The number of thiazole rings is 1. The minimum atomic E-state index is -0.0644. The number of carbonyl (C=O) groups excluding carboxylic acids is 1. The summed E-state index contributed by atoms with van der Waals surface area (Å²) in [6, 6.07) is 25.4. The predicted octanol–water partition coefficient (Wildman–Crippen LogP) is 5.31. The minimum Gasteiger partial charge on any atom is -0.489 e. The van der Waals surface area contributed by atoms with Crippen LogP contribution in [0.5, 0.6) is 5.75 Å². The van der Waals surface area contributed by atoms with Gasteiger partial charge in [-0.05, 0) is 42.0 Å². The van der Waals surface area contributed by atoms with E-state index in [1.54, 1.807) is 11.3 Å². The van der Waals surface area contributed by atoms with Crippen LogP contribution in [0.1, 0.15) is 11.3 Å². The summed E-state index contributed by atoms with van der Waals surface area (Å²) in [5, 5.41) is 4.96. The number of fused-ring (bicyclic) bond motifs is 3. The van der Waals surface area contributed by atoms with Gasteiger partial charge in [-0.15, -0.1) is 11.3 Å². The van der Waals surface area contributed by atoms with Crippen LogP contribution in [-0.4, -0.2) is 15.3 Å². The van der Waals surface area contributed by atoms with E-state index in [9.17, 15) is 4.79 Å². The van der Waals surface area contributed by atoms with Gasteiger partial charge in [-0.3, -0.25) is 9.20 Å². The molecule has 2 heterocycles. The van der Waals surface area contributed by atoms with E-state index in [4.69, 9.17) is 4.74 Å². The fourth-order valence-corrected chi connectivity index (χ4v) is 4.30. The van der Waals surface area contributed by atoms with Gasteiger partial charge < -0.3 is 10.1 Å². The molecule has 0 atom stereocenters. The van der Waals surface area contributed by atoms with Crippen molar-refractivity contribution < 1.29 is 9.53 Å². The highest BCUT2D eigenvalue weighted by Crippen LogP contribution is 2.24. The van der Waals surface area contributed by atoms with Gasteiger partial charge in [-0.25, -0.2) is 4.98 Å². The molecule has 148 valence electrons. The zero-order valence-electron chi connectivity index (χ0n) is 16.1. The molecule has 6 heteroatoms. The predicted molar refractivity (Wildman–Crippen MR) is 120 cm³/mol. The summed E-state index contributed by atoms with van der Waals surface area (Å²) in [5.41, 5.74) is 4.76. The van der Waals surface area contributed by atoms with Crippen LogP contribution in [0.2, 0.25) is 0 Å². The number of anilines is 1. The number of benzene rings is 3. The van der Waals surface area contributed by atoms with Gasteiger partial charge in [0.1, 0.15) is 12.4 Å². The van der Waals surface area contributed by atoms with Gasteiger partial charge in [-0.2, -0.15) is 0 Å². The summed E-state index contributed by atoms with van der Waals surface area (Å²) < 4.78 is 7.85. The van der Waals surface area contributed by atoms with E-state index in [0.29, 0.717) is 6.61 Å². The second-order valence-corrected chi connectivity index (χ2v) is 7.81. The van der Waals surface area contributed by atoms with E-state index in [-0.39, 0.29) is 12.3 Å². The third-order valence-electron chi connectivity index (χ3n) is 4.85. The SMILES string of the molecule is O=C(Cc1csc2nc3ccccc3n12)Nc1ccc(OCc2ccccc2)cc1. The number of hydrogen-bond acceptors (Lipinski definition) is 4. The highest BCUT2D eigenvalue weighted by Gasteiger charge is 2.13. The van der Waals surface area contributed by atoms with E-state index in [1.807, 2.05) is 84.2 Å². The van der Waals surface area contributed by atoms with Gasteiger partial charge in [0, 0.05) is 16.8 Å². The van der Waals surface area contributed by atoms with Crippen molar-refractivity contribution in [3.63, 3.8) is 0 Å². The van der Waals surface area contributed by atoms with Crippen LogP contribution in [0.15, 0.2) is 84.2 Å². The number of ether oxygens (including phenoxy) is 1. The number of rotatable bonds is 6. The zero-order chi connectivity index (χ0) is 20.3. The van der Waals surface area contributed by atoms with Crippen molar-refractivity contribution in [2.45, 2.75) is 13.0 Å². The lowest BCUT2D eigenvalue weighted by Crippen LogP contribution is -2.15. The number of nitrogens with one attached hydrogen (secondary N) is 1. The molecule has 5 aromatic rings. The largest absolute Gasteiger partial charge is 0.489 e. The van der Waals surface area contributed by atoms with Crippen LogP contribution in [0.4, 0.5) is 5.69 Å². The number of hydrogen-bond donors (Lipinski definition) is 1. The molecule has 3 aromatic carbocycles. The molecule has 0 aliphatic carbocycles. The fourth-order valence-electron chi connectivity index (χ4n) is 3.40. The van der Waals surface area contributed by atoms with Crippen molar-refractivity contribution >= 4 is 38.9 Å². The highest BCUT2D eigenvalue weighted by molar-refractivity contribution is 7.15. The molecule has 1 amide bonds. The summed E-state index contributed by atoms with van der Waals surface area (Å²) in [6.45, 7) is 0.513. The third-order valence-corrected chi connectivity index (χ3v) is 5.72. The number of nitrogens with zero attached hydrogens (tertiary/aromatic N) is 2. The van der Waals surface area contributed by atoms with E-state index >= 15 is 0 Å². The van der Waals surface area contributed by atoms with Crippen LogP contribution in [0.25, 0.3) is 16.0 Å². The quantitative estimate of drug-likeness (QED) is 0.410. The average molecular weight is 414 g/mol. The standard InChI is InChI=1S/C24H19N3O2S/c28-23(14-19-16-30-24-26-21-8-4-5-9-22(21)27(19)24)25-18-10-12-20(13-11-18)29-15-17-6-2-1-3-7-17/h1-13,16H,14-15H2,(H,25,28). The fraction of sp³-hybridized carbons (Fsp3) is 0.0833. The number of imidazole rings is 1. The smallest absolute Gasteiger partial charge is 0.230 e. The lowest BCUT2D eigenvalue weighted by atomic mass is 10.2. The zero-order valence-corrected chi connectivity index (χ0v) is 16.9. The Hall–Kier alpha value is -3.64. The molecule has 2 aromatic heterocycles. The molecule has 0 aliphatic rings. The summed E-state index contributed by atoms with van der Waals surface area (Å²) >= 11 is 1.55. The monoisotopic (exact) mass is 413 g/mol. The maximum absolute atomic E-state index is 12.6. The molecule has 0 spiro atoms. The normalized spacial score (nSPS) is 11.1. The topological polar surface area (TPSA) is 55.6 Å².